The normalized spacial score (nSPS) is 22.2. The van der Waals surface area contributed by atoms with E-state index in [9.17, 15) is 9.59 Å². The van der Waals surface area contributed by atoms with E-state index >= 15 is 0 Å². The molecule has 0 saturated carbocycles. The summed E-state index contributed by atoms with van der Waals surface area (Å²) in [6.45, 7) is 2.95. The van der Waals surface area contributed by atoms with Crippen molar-refractivity contribution in [3.05, 3.63) is 35.4 Å². The standard InChI is InChI=1S/C15H18N2O3/c18-14-12-5-1-2-6-13(12)15(19)17(14)8-3-4-11-10-16-7-9-20-11/h1-2,5-6,11,16H,3-4,7-10H2. The second-order valence-electron chi connectivity index (χ2n) is 5.15. The van der Waals surface area contributed by atoms with E-state index in [1.165, 1.54) is 4.90 Å². The van der Waals surface area contributed by atoms with Gasteiger partial charge in [-0.25, -0.2) is 0 Å². The van der Waals surface area contributed by atoms with Crippen molar-refractivity contribution in [3.8, 4) is 0 Å². The molecule has 5 nitrogen and oxygen atoms in total. The van der Waals surface area contributed by atoms with E-state index in [4.69, 9.17) is 4.74 Å². The highest BCUT2D eigenvalue weighted by Gasteiger charge is 2.34. The number of ether oxygens (including phenoxy) is 1. The molecule has 2 heterocycles. The summed E-state index contributed by atoms with van der Waals surface area (Å²) in [6.07, 6.45) is 1.83. The average molecular weight is 274 g/mol. The lowest BCUT2D eigenvalue weighted by molar-refractivity contribution is 0.0207. The zero-order valence-corrected chi connectivity index (χ0v) is 11.3. The summed E-state index contributed by atoms with van der Waals surface area (Å²) in [4.78, 5) is 25.6. The van der Waals surface area contributed by atoms with Crippen LogP contribution in [0, 0.1) is 0 Å². The van der Waals surface area contributed by atoms with Crippen molar-refractivity contribution in [1.29, 1.82) is 0 Å². The van der Waals surface area contributed by atoms with Crippen LogP contribution in [-0.4, -0.2) is 49.1 Å². The van der Waals surface area contributed by atoms with Crippen molar-refractivity contribution in [2.75, 3.05) is 26.2 Å². The number of hydrogen-bond acceptors (Lipinski definition) is 4. The number of benzene rings is 1. The average Bonchev–Trinajstić information content (AvgIpc) is 2.74. The summed E-state index contributed by atoms with van der Waals surface area (Å²) < 4.78 is 5.61. The van der Waals surface area contributed by atoms with E-state index in [1.54, 1.807) is 24.3 Å². The fourth-order valence-corrected chi connectivity index (χ4v) is 2.72. The largest absolute Gasteiger partial charge is 0.376 e. The quantitative estimate of drug-likeness (QED) is 0.834. The molecule has 1 saturated heterocycles. The molecule has 0 aliphatic carbocycles. The van der Waals surface area contributed by atoms with Gasteiger partial charge in [0.25, 0.3) is 11.8 Å². The van der Waals surface area contributed by atoms with Gasteiger partial charge in [-0.3, -0.25) is 14.5 Å². The number of carbonyl (C=O) groups is 2. The van der Waals surface area contributed by atoms with Crippen LogP contribution in [0.5, 0.6) is 0 Å². The Morgan fingerprint density at radius 2 is 1.90 bits per heavy atom. The first-order valence-electron chi connectivity index (χ1n) is 7.05. The van der Waals surface area contributed by atoms with E-state index in [1.807, 2.05) is 0 Å². The van der Waals surface area contributed by atoms with E-state index < -0.39 is 0 Å². The maximum Gasteiger partial charge on any atom is 0.261 e. The molecular formula is C15H18N2O3. The summed E-state index contributed by atoms with van der Waals surface area (Å²) >= 11 is 0. The predicted octanol–water partition coefficient (Wildman–Crippen LogP) is 1.05. The second-order valence-corrected chi connectivity index (χ2v) is 5.15. The van der Waals surface area contributed by atoms with Crippen LogP contribution in [0.1, 0.15) is 33.6 Å². The Morgan fingerprint density at radius 1 is 1.20 bits per heavy atom. The first-order valence-corrected chi connectivity index (χ1v) is 7.05. The molecule has 1 aromatic carbocycles. The summed E-state index contributed by atoms with van der Waals surface area (Å²) in [7, 11) is 0. The van der Waals surface area contributed by atoms with Gasteiger partial charge in [-0.15, -0.1) is 0 Å². The third kappa shape index (κ3) is 2.46. The fourth-order valence-electron chi connectivity index (χ4n) is 2.72. The number of nitrogens with one attached hydrogen (secondary N) is 1. The van der Waals surface area contributed by atoms with Crippen molar-refractivity contribution in [2.45, 2.75) is 18.9 Å². The van der Waals surface area contributed by atoms with Crippen molar-refractivity contribution >= 4 is 11.8 Å². The first-order chi connectivity index (χ1) is 9.77. The lowest BCUT2D eigenvalue weighted by Gasteiger charge is -2.24. The van der Waals surface area contributed by atoms with Crippen molar-refractivity contribution in [1.82, 2.24) is 10.2 Å². The van der Waals surface area contributed by atoms with E-state index in [2.05, 4.69) is 5.32 Å². The maximum atomic E-state index is 12.2. The van der Waals surface area contributed by atoms with Gasteiger partial charge in [0, 0.05) is 19.6 Å². The predicted molar refractivity (Wildman–Crippen MR) is 73.7 cm³/mol. The van der Waals surface area contributed by atoms with Gasteiger partial charge in [0.2, 0.25) is 0 Å². The van der Waals surface area contributed by atoms with Crippen LogP contribution in [0.2, 0.25) is 0 Å². The van der Waals surface area contributed by atoms with Gasteiger partial charge in [0.15, 0.2) is 0 Å². The van der Waals surface area contributed by atoms with Crippen LogP contribution in [0.15, 0.2) is 24.3 Å². The molecule has 2 amide bonds. The lowest BCUT2D eigenvalue weighted by atomic mass is 10.1. The van der Waals surface area contributed by atoms with Gasteiger partial charge < -0.3 is 10.1 Å². The van der Waals surface area contributed by atoms with E-state index in [0.717, 1.165) is 32.5 Å². The number of morpholine rings is 1. The smallest absolute Gasteiger partial charge is 0.261 e. The molecule has 1 atom stereocenters. The molecule has 0 radical (unpaired) electrons. The van der Waals surface area contributed by atoms with Gasteiger partial charge in [-0.05, 0) is 25.0 Å². The molecule has 1 N–H and O–H groups in total. The Balaban J connectivity index is 1.56. The van der Waals surface area contributed by atoms with Crippen molar-refractivity contribution in [3.63, 3.8) is 0 Å². The number of carbonyl (C=O) groups excluding carboxylic acids is 2. The highest BCUT2D eigenvalue weighted by molar-refractivity contribution is 6.21. The highest BCUT2D eigenvalue weighted by atomic mass is 16.5. The number of imide groups is 1. The molecule has 0 aromatic heterocycles. The number of hydrogen-bond donors (Lipinski definition) is 1. The van der Waals surface area contributed by atoms with Crippen LogP contribution >= 0.6 is 0 Å². The van der Waals surface area contributed by atoms with Crippen LogP contribution < -0.4 is 5.32 Å². The van der Waals surface area contributed by atoms with Crippen LogP contribution in [0.3, 0.4) is 0 Å². The van der Waals surface area contributed by atoms with Gasteiger partial charge in [0.1, 0.15) is 0 Å². The summed E-state index contributed by atoms with van der Waals surface area (Å²) in [5.74, 6) is -0.346. The molecule has 106 valence electrons. The molecule has 20 heavy (non-hydrogen) atoms. The number of rotatable bonds is 4. The zero-order chi connectivity index (χ0) is 13.9. The van der Waals surface area contributed by atoms with Crippen LogP contribution in [0.25, 0.3) is 0 Å². The SMILES string of the molecule is O=C1c2ccccc2C(=O)N1CCCC1CNCCO1. The van der Waals surface area contributed by atoms with Crippen molar-refractivity contribution in [2.24, 2.45) is 0 Å². The topological polar surface area (TPSA) is 58.6 Å². The molecule has 5 heteroatoms. The summed E-state index contributed by atoms with van der Waals surface area (Å²) in [6, 6.07) is 7.00. The molecule has 2 aliphatic rings. The number of fused-ring (bicyclic) bond motifs is 1. The molecule has 1 fully saturated rings. The zero-order valence-electron chi connectivity index (χ0n) is 11.3. The number of nitrogens with zero attached hydrogens (tertiary/aromatic N) is 1. The molecule has 1 unspecified atom stereocenters. The second kappa shape index (κ2) is 5.73. The molecule has 3 rings (SSSR count). The van der Waals surface area contributed by atoms with Gasteiger partial charge in [-0.1, -0.05) is 12.1 Å². The van der Waals surface area contributed by atoms with Gasteiger partial charge >= 0.3 is 0 Å². The van der Waals surface area contributed by atoms with Crippen LogP contribution in [0.4, 0.5) is 0 Å². The molecular weight excluding hydrogens is 256 g/mol. The fraction of sp³-hybridized carbons (Fsp3) is 0.467. The summed E-state index contributed by atoms with van der Waals surface area (Å²) in [5, 5.41) is 3.27. The monoisotopic (exact) mass is 274 g/mol. The lowest BCUT2D eigenvalue weighted by Crippen LogP contribution is -2.39. The Labute approximate surface area is 117 Å². The Bertz CT molecular complexity index is 489. The molecule has 0 bridgehead atoms. The minimum atomic E-state index is -0.173. The van der Waals surface area contributed by atoms with Gasteiger partial charge in [-0.2, -0.15) is 0 Å². The first kappa shape index (κ1) is 13.3. The molecule has 1 aromatic rings. The third-order valence-corrected chi connectivity index (χ3v) is 3.79. The molecule has 0 spiro atoms. The maximum absolute atomic E-state index is 12.2. The van der Waals surface area contributed by atoms with Crippen LogP contribution in [-0.2, 0) is 4.74 Å². The summed E-state index contributed by atoms with van der Waals surface area (Å²) in [5.41, 5.74) is 1.04. The van der Waals surface area contributed by atoms with Crippen molar-refractivity contribution < 1.29 is 14.3 Å². The van der Waals surface area contributed by atoms with E-state index in [-0.39, 0.29) is 17.9 Å². The Hall–Kier alpha value is -1.72. The Morgan fingerprint density at radius 3 is 2.50 bits per heavy atom. The van der Waals surface area contributed by atoms with Gasteiger partial charge in [0.05, 0.1) is 23.8 Å². The molecule has 2 aliphatic heterocycles. The third-order valence-electron chi connectivity index (χ3n) is 3.79. The highest BCUT2D eigenvalue weighted by Crippen LogP contribution is 2.22. The van der Waals surface area contributed by atoms with E-state index in [0.29, 0.717) is 17.7 Å². The minimum absolute atomic E-state index is 0.173. The Kier molecular flexibility index (Phi) is 3.80. The minimum Gasteiger partial charge on any atom is -0.376 e. The number of amides is 2.